The summed E-state index contributed by atoms with van der Waals surface area (Å²) < 4.78 is 17.0. The van der Waals surface area contributed by atoms with E-state index in [1.165, 1.54) is 31.2 Å². The Bertz CT molecular complexity index is 720. The molecule has 0 spiro atoms. The fraction of sp³-hybridized carbons (Fsp3) is 0.794. The quantitative estimate of drug-likeness (QED) is 0.135. The molecule has 0 aromatic heterocycles. The first-order valence-corrected chi connectivity index (χ1v) is 17.4. The Morgan fingerprint density at radius 1 is 1.00 bits per heavy atom. The van der Waals surface area contributed by atoms with Gasteiger partial charge in [0.1, 0.15) is 11.9 Å². The molecule has 5 heteroatoms. The van der Waals surface area contributed by atoms with Crippen LogP contribution in [0.2, 0.25) is 0 Å². The Morgan fingerprint density at radius 2 is 1.59 bits per heavy atom. The van der Waals surface area contributed by atoms with Gasteiger partial charge in [-0.1, -0.05) is 87.3 Å². The highest BCUT2D eigenvalue weighted by atomic mass is 31.1. The number of ether oxygens (including phenoxy) is 3. The van der Waals surface area contributed by atoms with Gasteiger partial charge in [0.15, 0.2) is 6.29 Å². The molecule has 1 aliphatic rings. The summed E-state index contributed by atoms with van der Waals surface area (Å²) in [5.41, 5.74) is 1.83. The van der Waals surface area contributed by atoms with Gasteiger partial charge in [-0.15, -0.1) is 8.58 Å². The minimum absolute atomic E-state index is 0.0598. The van der Waals surface area contributed by atoms with Crippen molar-refractivity contribution in [1.82, 2.24) is 0 Å². The van der Waals surface area contributed by atoms with E-state index < -0.39 is 0 Å². The SMILES string of the molecule is CC.CCCC(PC)C(=O)OC1CCCCC1.CCOC(CC)Oc1ccc(C(CC(C)C)C(C)(C)C)cc1. The van der Waals surface area contributed by atoms with Crippen molar-refractivity contribution < 1.29 is 19.0 Å². The van der Waals surface area contributed by atoms with E-state index >= 15 is 0 Å². The molecule has 1 fully saturated rings. The van der Waals surface area contributed by atoms with Crippen LogP contribution in [0.15, 0.2) is 24.3 Å². The smallest absolute Gasteiger partial charge is 0.313 e. The minimum Gasteiger partial charge on any atom is -0.465 e. The van der Waals surface area contributed by atoms with Gasteiger partial charge in [-0.05, 0) is 87.1 Å². The van der Waals surface area contributed by atoms with E-state index in [2.05, 4.69) is 79.4 Å². The second-order valence-corrected chi connectivity index (χ2v) is 13.1. The molecule has 4 atom stereocenters. The van der Waals surface area contributed by atoms with Crippen LogP contribution in [0.25, 0.3) is 0 Å². The third kappa shape index (κ3) is 16.0. The summed E-state index contributed by atoms with van der Waals surface area (Å²) in [5, 5.41) is 0. The number of hydrogen-bond donors (Lipinski definition) is 0. The van der Waals surface area contributed by atoms with Gasteiger partial charge in [0.2, 0.25) is 0 Å². The predicted octanol–water partition coefficient (Wildman–Crippen LogP) is 10.4. The third-order valence-electron chi connectivity index (χ3n) is 7.03. The molecular weight excluding hydrogens is 503 g/mol. The van der Waals surface area contributed by atoms with E-state index in [0.717, 1.165) is 37.9 Å². The number of hydrogen-bond acceptors (Lipinski definition) is 4. The van der Waals surface area contributed by atoms with E-state index in [9.17, 15) is 4.79 Å². The van der Waals surface area contributed by atoms with Gasteiger partial charge in [-0.3, -0.25) is 4.79 Å². The Kier molecular flexibility index (Phi) is 21.0. The normalized spacial score (nSPS) is 16.5. The number of esters is 1. The van der Waals surface area contributed by atoms with Crippen LogP contribution in [-0.2, 0) is 14.3 Å². The van der Waals surface area contributed by atoms with E-state index in [4.69, 9.17) is 14.2 Å². The molecule has 4 unspecified atom stereocenters. The van der Waals surface area contributed by atoms with Gasteiger partial charge in [-0.25, -0.2) is 0 Å². The second-order valence-electron chi connectivity index (χ2n) is 11.9. The third-order valence-corrected chi connectivity index (χ3v) is 8.26. The zero-order valence-electron chi connectivity index (χ0n) is 27.4. The van der Waals surface area contributed by atoms with Crippen LogP contribution in [-0.4, -0.2) is 37.3 Å². The van der Waals surface area contributed by atoms with Crippen LogP contribution in [0.1, 0.15) is 139 Å². The molecule has 0 heterocycles. The lowest BCUT2D eigenvalue weighted by atomic mass is 9.72. The van der Waals surface area contributed by atoms with E-state index in [0.29, 0.717) is 27.0 Å². The van der Waals surface area contributed by atoms with Gasteiger partial charge in [0.25, 0.3) is 0 Å². The lowest BCUT2D eigenvalue weighted by Crippen LogP contribution is -2.26. The molecule has 1 aliphatic carbocycles. The van der Waals surface area contributed by atoms with Crippen LogP contribution >= 0.6 is 8.58 Å². The molecule has 0 N–H and O–H groups in total. The summed E-state index contributed by atoms with van der Waals surface area (Å²) >= 11 is 0. The van der Waals surface area contributed by atoms with Gasteiger partial charge in [0, 0.05) is 13.0 Å². The highest BCUT2D eigenvalue weighted by molar-refractivity contribution is 7.39. The van der Waals surface area contributed by atoms with Crippen LogP contribution in [0.4, 0.5) is 0 Å². The van der Waals surface area contributed by atoms with E-state index in [1.807, 2.05) is 20.8 Å². The second kappa shape index (κ2) is 21.6. The van der Waals surface area contributed by atoms with Crippen LogP contribution in [0, 0.1) is 11.3 Å². The number of rotatable bonds is 13. The van der Waals surface area contributed by atoms with Crippen molar-refractivity contribution in [1.29, 1.82) is 0 Å². The maximum atomic E-state index is 11.8. The molecule has 4 nitrogen and oxygen atoms in total. The van der Waals surface area contributed by atoms with Crippen molar-refractivity contribution in [3.05, 3.63) is 29.8 Å². The highest BCUT2D eigenvalue weighted by Gasteiger charge is 2.27. The van der Waals surface area contributed by atoms with E-state index in [-0.39, 0.29) is 29.4 Å². The first kappa shape index (κ1) is 37.9. The zero-order chi connectivity index (χ0) is 29.8. The van der Waals surface area contributed by atoms with Crippen molar-refractivity contribution in [3.63, 3.8) is 0 Å². The first-order chi connectivity index (χ1) is 18.5. The Balaban J connectivity index is 0.000000740. The van der Waals surface area contributed by atoms with E-state index in [1.54, 1.807) is 0 Å². The largest absolute Gasteiger partial charge is 0.465 e. The molecule has 1 aromatic carbocycles. The van der Waals surface area contributed by atoms with Gasteiger partial charge >= 0.3 is 5.97 Å². The van der Waals surface area contributed by atoms with Crippen LogP contribution in [0.3, 0.4) is 0 Å². The van der Waals surface area contributed by atoms with Crippen molar-refractivity contribution in [2.75, 3.05) is 13.3 Å². The van der Waals surface area contributed by atoms with Gasteiger partial charge in [-0.2, -0.15) is 0 Å². The average Bonchev–Trinajstić information content (AvgIpc) is 2.92. The molecule has 39 heavy (non-hydrogen) atoms. The number of carbonyl (C=O) groups excluding carboxylic acids is 1. The monoisotopic (exact) mass is 566 g/mol. The van der Waals surface area contributed by atoms with Crippen molar-refractivity contribution in [3.8, 4) is 5.75 Å². The molecule has 228 valence electrons. The molecule has 0 radical (unpaired) electrons. The van der Waals surface area contributed by atoms with Crippen LogP contribution in [0.5, 0.6) is 5.75 Å². The maximum absolute atomic E-state index is 11.8. The fourth-order valence-electron chi connectivity index (χ4n) is 4.91. The minimum atomic E-state index is -0.148. The molecule has 1 aromatic rings. The summed E-state index contributed by atoms with van der Waals surface area (Å²) in [6, 6.07) is 8.59. The summed E-state index contributed by atoms with van der Waals surface area (Å²) in [7, 11) is 0.683. The first-order valence-electron chi connectivity index (χ1n) is 15.8. The predicted molar refractivity (Wildman–Crippen MR) is 172 cm³/mol. The lowest BCUT2D eigenvalue weighted by molar-refractivity contribution is -0.150. The highest BCUT2D eigenvalue weighted by Crippen LogP contribution is 2.40. The molecule has 0 amide bonds. The summed E-state index contributed by atoms with van der Waals surface area (Å²) in [6.45, 7) is 24.5. The number of benzene rings is 1. The topological polar surface area (TPSA) is 44.8 Å². The molecule has 0 aliphatic heterocycles. The van der Waals surface area contributed by atoms with Crippen LogP contribution < -0.4 is 4.74 Å². The van der Waals surface area contributed by atoms with Crippen molar-refractivity contribution >= 4 is 14.6 Å². The van der Waals surface area contributed by atoms with Crippen molar-refractivity contribution in [2.24, 2.45) is 11.3 Å². The average molecular weight is 567 g/mol. The maximum Gasteiger partial charge on any atom is 0.313 e. The molecular formula is C34H63O4P. The number of carbonyl (C=O) groups is 1. The van der Waals surface area contributed by atoms with Crippen molar-refractivity contribution in [2.45, 2.75) is 151 Å². The standard InChI is InChI=1S/C20H34O2.C12H23O2P.C2H6/c1-8-19(21-9-2)22-17-12-10-16(11-13-17)18(14-15(3)4)20(5,6)7;1-3-7-11(15-2)12(13)14-10-8-5-4-6-9-10;1-2/h10-13,15,18-19H,8-9,14H2,1-7H3;10-11,15H,3-9H2,1-2H3;1-2H3. The Hall–Kier alpha value is -1.12. The van der Waals surface area contributed by atoms with Gasteiger partial charge in [0.05, 0.1) is 5.66 Å². The molecule has 2 rings (SSSR count). The molecule has 1 saturated carbocycles. The Morgan fingerprint density at radius 3 is 2.03 bits per heavy atom. The summed E-state index contributed by atoms with van der Waals surface area (Å²) in [6.07, 6.45) is 10.1. The van der Waals surface area contributed by atoms with Gasteiger partial charge < -0.3 is 14.2 Å². The zero-order valence-corrected chi connectivity index (χ0v) is 28.4. The molecule has 0 bridgehead atoms. The summed E-state index contributed by atoms with van der Waals surface area (Å²) in [5.74, 6) is 2.21. The Labute approximate surface area is 244 Å². The lowest BCUT2D eigenvalue weighted by Gasteiger charge is -2.32. The molecule has 0 saturated heterocycles. The fourth-order valence-corrected chi connectivity index (χ4v) is 5.79. The summed E-state index contributed by atoms with van der Waals surface area (Å²) in [4.78, 5) is 11.8.